The molecule has 0 aliphatic carbocycles. The van der Waals surface area contributed by atoms with Crippen LogP contribution in [0.4, 0.5) is 11.6 Å². The Kier molecular flexibility index (Phi) is 2.85. The van der Waals surface area contributed by atoms with E-state index in [2.05, 4.69) is 28.7 Å². The Morgan fingerprint density at radius 1 is 1.25 bits per heavy atom. The van der Waals surface area contributed by atoms with Gasteiger partial charge in [-0.05, 0) is 13.8 Å². The van der Waals surface area contributed by atoms with Gasteiger partial charge in [-0.3, -0.25) is 0 Å². The van der Waals surface area contributed by atoms with Crippen molar-refractivity contribution in [2.75, 3.05) is 23.7 Å². The first kappa shape index (κ1) is 8.77. The smallest absolute Gasteiger partial charge is 0.225 e. The van der Waals surface area contributed by atoms with Gasteiger partial charge in [-0.1, -0.05) is 0 Å². The van der Waals surface area contributed by atoms with Crippen molar-refractivity contribution >= 4 is 11.6 Å². The van der Waals surface area contributed by atoms with E-state index in [0.717, 1.165) is 19.0 Å². The highest BCUT2D eigenvalue weighted by atomic mass is 15.2. The lowest BCUT2D eigenvalue weighted by Gasteiger charge is -2.17. The molecule has 2 N–H and O–H groups in total. The lowest BCUT2D eigenvalue weighted by Crippen LogP contribution is -2.23. The van der Waals surface area contributed by atoms with Crippen molar-refractivity contribution in [2.45, 2.75) is 13.8 Å². The van der Waals surface area contributed by atoms with Crippen LogP contribution in [0.15, 0.2) is 12.4 Å². The number of nitrogens with zero attached hydrogens (tertiary/aromatic N) is 3. The third-order valence-corrected chi connectivity index (χ3v) is 1.70. The monoisotopic (exact) mass is 166 g/mol. The molecule has 0 unspecified atom stereocenters. The summed E-state index contributed by atoms with van der Waals surface area (Å²) in [7, 11) is 0. The Morgan fingerprint density at radius 2 is 1.75 bits per heavy atom. The molecule has 0 bridgehead atoms. The van der Waals surface area contributed by atoms with E-state index in [1.165, 1.54) is 0 Å². The van der Waals surface area contributed by atoms with Gasteiger partial charge in [-0.25, -0.2) is 9.97 Å². The van der Waals surface area contributed by atoms with Gasteiger partial charge in [0, 0.05) is 13.1 Å². The lowest BCUT2D eigenvalue weighted by atomic mass is 10.5. The Labute approximate surface area is 72.4 Å². The van der Waals surface area contributed by atoms with E-state index in [1.54, 1.807) is 12.4 Å². The SMILES string of the molecule is CCN(CC)c1ncc(N)cn1. The summed E-state index contributed by atoms with van der Waals surface area (Å²) in [5.74, 6) is 0.745. The van der Waals surface area contributed by atoms with Crippen LogP contribution < -0.4 is 10.6 Å². The van der Waals surface area contributed by atoms with Gasteiger partial charge in [0.1, 0.15) is 0 Å². The highest BCUT2D eigenvalue weighted by Gasteiger charge is 2.02. The summed E-state index contributed by atoms with van der Waals surface area (Å²) in [6.45, 7) is 5.98. The number of nitrogens with two attached hydrogens (primary N) is 1. The number of aromatic nitrogens is 2. The molecule has 4 nitrogen and oxygen atoms in total. The Morgan fingerprint density at radius 3 is 2.17 bits per heavy atom. The highest BCUT2D eigenvalue weighted by molar-refractivity contribution is 5.37. The number of hydrogen-bond acceptors (Lipinski definition) is 4. The summed E-state index contributed by atoms with van der Waals surface area (Å²) in [6, 6.07) is 0. The number of hydrogen-bond donors (Lipinski definition) is 1. The van der Waals surface area contributed by atoms with Crippen molar-refractivity contribution < 1.29 is 0 Å². The average Bonchev–Trinajstić information content (AvgIpc) is 2.10. The van der Waals surface area contributed by atoms with Gasteiger partial charge >= 0.3 is 0 Å². The molecule has 0 aliphatic heterocycles. The van der Waals surface area contributed by atoms with Crippen molar-refractivity contribution in [3.63, 3.8) is 0 Å². The summed E-state index contributed by atoms with van der Waals surface area (Å²) in [6.07, 6.45) is 3.25. The fourth-order valence-electron chi connectivity index (χ4n) is 1.00. The fourth-order valence-corrected chi connectivity index (χ4v) is 1.00. The molecule has 1 rings (SSSR count). The molecule has 0 atom stereocenters. The molecule has 0 amide bonds. The van der Waals surface area contributed by atoms with Crippen molar-refractivity contribution in [1.82, 2.24) is 9.97 Å². The van der Waals surface area contributed by atoms with Crippen LogP contribution in [-0.2, 0) is 0 Å². The standard InChI is InChI=1S/C8H14N4/c1-3-12(4-2)8-10-5-7(9)6-11-8/h5-6H,3-4,9H2,1-2H3. The normalized spacial score (nSPS) is 9.83. The number of rotatable bonds is 3. The zero-order valence-electron chi connectivity index (χ0n) is 7.49. The Balaban J connectivity index is 2.80. The molecule has 0 saturated heterocycles. The molecule has 12 heavy (non-hydrogen) atoms. The summed E-state index contributed by atoms with van der Waals surface area (Å²) < 4.78 is 0. The second-order valence-corrected chi connectivity index (χ2v) is 2.49. The predicted molar refractivity (Wildman–Crippen MR) is 50.0 cm³/mol. The van der Waals surface area contributed by atoms with Crippen molar-refractivity contribution in [1.29, 1.82) is 0 Å². The van der Waals surface area contributed by atoms with Crippen molar-refractivity contribution in [3.05, 3.63) is 12.4 Å². The quantitative estimate of drug-likeness (QED) is 0.725. The van der Waals surface area contributed by atoms with Crippen LogP contribution in [0, 0.1) is 0 Å². The van der Waals surface area contributed by atoms with Crippen molar-refractivity contribution in [3.8, 4) is 0 Å². The van der Waals surface area contributed by atoms with Gasteiger partial charge in [-0.15, -0.1) is 0 Å². The molecule has 66 valence electrons. The first-order chi connectivity index (χ1) is 5.77. The molecule has 1 aromatic heterocycles. The summed E-state index contributed by atoms with van der Waals surface area (Å²) in [5.41, 5.74) is 6.07. The largest absolute Gasteiger partial charge is 0.396 e. The Hall–Kier alpha value is -1.32. The van der Waals surface area contributed by atoms with Gasteiger partial charge in [0.2, 0.25) is 5.95 Å². The predicted octanol–water partition coefficient (Wildman–Crippen LogP) is 0.905. The topological polar surface area (TPSA) is 55.0 Å². The van der Waals surface area contributed by atoms with E-state index in [1.807, 2.05) is 0 Å². The van der Waals surface area contributed by atoms with Gasteiger partial charge in [-0.2, -0.15) is 0 Å². The minimum atomic E-state index is 0.603. The molecule has 1 heterocycles. The van der Waals surface area contributed by atoms with Gasteiger partial charge < -0.3 is 10.6 Å². The molecule has 0 aliphatic rings. The van der Waals surface area contributed by atoms with E-state index in [4.69, 9.17) is 5.73 Å². The molecular formula is C8H14N4. The van der Waals surface area contributed by atoms with Crippen LogP contribution in [0.3, 0.4) is 0 Å². The van der Waals surface area contributed by atoms with E-state index in [9.17, 15) is 0 Å². The molecule has 0 aromatic carbocycles. The number of nitrogen functional groups attached to an aromatic ring is 1. The molecular weight excluding hydrogens is 152 g/mol. The maximum Gasteiger partial charge on any atom is 0.225 e. The van der Waals surface area contributed by atoms with Crippen LogP contribution in [0.5, 0.6) is 0 Å². The molecule has 0 radical (unpaired) electrons. The van der Waals surface area contributed by atoms with Crippen LogP contribution in [0.25, 0.3) is 0 Å². The Bertz CT molecular complexity index is 227. The van der Waals surface area contributed by atoms with E-state index >= 15 is 0 Å². The first-order valence-corrected chi connectivity index (χ1v) is 4.10. The van der Waals surface area contributed by atoms with Gasteiger partial charge in [0.05, 0.1) is 18.1 Å². The molecule has 1 aromatic rings. The molecule has 0 fully saturated rings. The molecule has 0 saturated carbocycles. The lowest BCUT2D eigenvalue weighted by molar-refractivity contribution is 0.821. The highest BCUT2D eigenvalue weighted by Crippen LogP contribution is 2.06. The maximum absolute atomic E-state index is 5.47. The summed E-state index contributed by atoms with van der Waals surface area (Å²) in [4.78, 5) is 10.3. The van der Waals surface area contributed by atoms with Crippen LogP contribution >= 0.6 is 0 Å². The van der Waals surface area contributed by atoms with Crippen LogP contribution in [0.2, 0.25) is 0 Å². The van der Waals surface area contributed by atoms with Crippen molar-refractivity contribution in [2.24, 2.45) is 0 Å². The molecule has 0 spiro atoms. The molecule has 4 heteroatoms. The van der Waals surface area contributed by atoms with E-state index < -0.39 is 0 Å². The summed E-state index contributed by atoms with van der Waals surface area (Å²) >= 11 is 0. The maximum atomic E-state index is 5.47. The third kappa shape index (κ3) is 1.84. The fraction of sp³-hybridized carbons (Fsp3) is 0.500. The number of anilines is 2. The van der Waals surface area contributed by atoms with Crippen LogP contribution in [0.1, 0.15) is 13.8 Å². The van der Waals surface area contributed by atoms with Gasteiger partial charge in [0.25, 0.3) is 0 Å². The second-order valence-electron chi connectivity index (χ2n) is 2.49. The zero-order valence-corrected chi connectivity index (χ0v) is 7.49. The first-order valence-electron chi connectivity index (χ1n) is 4.10. The van der Waals surface area contributed by atoms with Crippen LogP contribution in [-0.4, -0.2) is 23.1 Å². The minimum absolute atomic E-state index is 0.603. The van der Waals surface area contributed by atoms with E-state index in [-0.39, 0.29) is 0 Å². The van der Waals surface area contributed by atoms with E-state index in [0.29, 0.717) is 5.69 Å². The summed E-state index contributed by atoms with van der Waals surface area (Å²) in [5, 5.41) is 0. The minimum Gasteiger partial charge on any atom is -0.396 e. The van der Waals surface area contributed by atoms with Gasteiger partial charge in [0.15, 0.2) is 0 Å². The average molecular weight is 166 g/mol. The third-order valence-electron chi connectivity index (χ3n) is 1.70. The second kappa shape index (κ2) is 3.90. The zero-order chi connectivity index (χ0) is 8.97.